The molecule has 0 saturated heterocycles. The normalized spacial score (nSPS) is 10.3. The maximum atomic E-state index is 5.76. The van der Waals surface area contributed by atoms with Gasteiger partial charge < -0.3 is 15.4 Å². The predicted octanol–water partition coefficient (Wildman–Crippen LogP) is 3.48. The maximum Gasteiger partial charge on any atom is 0.119 e. The Bertz CT molecular complexity index is 537. The third kappa shape index (κ3) is 3.67. The molecule has 0 bridgehead atoms. The maximum absolute atomic E-state index is 5.76. The van der Waals surface area contributed by atoms with E-state index in [1.165, 1.54) is 11.3 Å². The largest absolute Gasteiger partial charge is 0.492 e. The number of hydrogen-bond acceptors (Lipinski definition) is 3. The van der Waals surface area contributed by atoms with E-state index in [1.807, 2.05) is 24.3 Å². The molecule has 20 heavy (non-hydrogen) atoms. The standard InChI is InChI=1S/C17H22N2O/c1-3-19(17-7-5-4-6-14(17)2)12-13-20-16-10-8-15(18)9-11-16/h4-11H,3,12-13,18H2,1-2H3. The summed E-state index contributed by atoms with van der Waals surface area (Å²) >= 11 is 0. The Morgan fingerprint density at radius 1 is 1.05 bits per heavy atom. The Morgan fingerprint density at radius 2 is 1.75 bits per heavy atom. The molecule has 0 saturated carbocycles. The minimum absolute atomic E-state index is 0.659. The van der Waals surface area contributed by atoms with E-state index < -0.39 is 0 Å². The number of benzene rings is 2. The number of aryl methyl sites for hydroxylation is 1. The van der Waals surface area contributed by atoms with Crippen molar-refractivity contribution in [3.63, 3.8) is 0 Å². The quantitative estimate of drug-likeness (QED) is 0.817. The average molecular weight is 270 g/mol. The predicted molar refractivity (Wildman–Crippen MR) is 85.4 cm³/mol. The van der Waals surface area contributed by atoms with Gasteiger partial charge in [-0.2, -0.15) is 0 Å². The lowest BCUT2D eigenvalue weighted by Gasteiger charge is -2.24. The van der Waals surface area contributed by atoms with Crippen LogP contribution >= 0.6 is 0 Å². The van der Waals surface area contributed by atoms with Gasteiger partial charge in [0, 0.05) is 17.9 Å². The van der Waals surface area contributed by atoms with E-state index in [0.29, 0.717) is 6.61 Å². The van der Waals surface area contributed by atoms with Gasteiger partial charge in [0.15, 0.2) is 0 Å². The second-order valence-corrected chi connectivity index (χ2v) is 4.78. The van der Waals surface area contributed by atoms with Crippen LogP contribution in [0.3, 0.4) is 0 Å². The molecule has 0 spiro atoms. The molecule has 0 heterocycles. The highest BCUT2D eigenvalue weighted by atomic mass is 16.5. The van der Waals surface area contributed by atoms with Crippen LogP contribution in [0.1, 0.15) is 12.5 Å². The molecule has 0 aliphatic rings. The molecule has 0 radical (unpaired) electrons. The number of nitrogen functional groups attached to an aromatic ring is 1. The van der Waals surface area contributed by atoms with Crippen LogP contribution in [0.15, 0.2) is 48.5 Å². The van der Waals surface area contributed by atoms with Crippen molar-refractivity contribution in [3.05, 3.63) is 54.1 Å². The number of hydrogen-bond donors (Lipinski definition) is 1. The third-order valence-electron chi connectivity index (χ3n) is 3.35. The van der Waals surface area contributed by atoms with E-state index in [2.05, 4.69) is 43.0 Å². The van der Waals surface area contributed by atoms with Gasteiger partial charge in [-0.25, -0.2) is 0 Å². The van der Waals surface area contributed by atoms with Gasteiger partial charge in [-0.05, 0) is 49.7 Å². The van der Waals surface area contributed by atoms with E-state index >= 15 is 0 Å². The van der Waals surface area contributed by atoms with Gasteiger partial charge in [0.1, 0.15) is 12.4 Å². The van der Waals surface area contributed by atoms with Crippen molar-refractivity contribution in [2.75, 3.05) is 30.3 Å². The van der Waals surface area contributed by atoms with Gasteiger partial charge in [-0.15, -0.1) is 0 Å². The topological polar surface area (TPSA) is 38.5 Å². The highest BCUT2D eigenvalue weighted by Crippen LogP contribution is 2.19. The van der Waals surface area contributed by atoms with Gasteiger partial charge in [0.25, 0.3) is 0 Å². The molecule has 0 atom stereocenters. The first-order valence-corrected chi connectivity index (χ1v) is 6.99. The van der Waals surface area contributed by atoms with Crippen molar-refractivity contribution in [3.8, 4) is 5.75 Å². The van der Waals surface area contributed by atoms with E-state index in [-0.39, 0.29) is 0 Å². The van der Waals surface area contributed by atoms with E-state index in [9.17, 15) is 0 Å². The molecule has 0 aliphatic carbocycles. The van der Waals surface area contributed by atoms with Crippen LogP contribution in [0.4, 0.5) is 11.4 Å². The lowest BCUT2D eigenvalue weighted by molar-refractivity contribution is 0.324. The molecule has 2 rings (SSSR count). The van der Waals surface area contributed by atoms with Crippen molar-refractivity contribution < 1.29 is 4.74 Å². The van der Waals surface area contributed by atoms with Gasteiger partial charge >= 0.3 is 0 Å². The fraction of sp³-hybridized carbons (Fsp3) is 0.294. The molecule has 2 N–H and O–H groups in total. The van der Waals surface area contributed by atoms with Crippen LogP contribution in [-0.4, -0.2) is 19.7 Å². The van der Waals surface area contributed by atoms with E-state index in [1.54, 1.807) is 0 Å². The molecular weight excluding hydrogens is 248 g/mol. The number of rotatable bonds is 6. The Balaban J connectivity index is 1.91. The minimum atomic E-state index is 0.659. The summed E-state index contributed by atoms with van der Waals surface area (Å²) in [6.45, 7) is 6.79. The van der Waals surface area contributed by atoms with Gasteiger partial charge in [0.2, 0.25) is 0 Å². The summed E-state index contributed by atoms with van der Waals surface area (Å²) in [6.07, 6.45) is 0. The first-order chi connectivity index (χ1) is 9.70. The molecule has 0 unspecified atom stereocenters. The number of nitrogens with zero attached hydrogens (tertiary/aromatic N) is 1. The number of para-hydroxylation sites is 1. The number of likely N-dealkylation sites (N-methyl/N-ethyl adjacent to an activating group) is 1. The summed E-state index contributed by atoms with van der Waals surface area (Å²) in [5.41, 5.74) is 8.98. The molecule has 0 fully saturated rings. The van der Waals surface area contributed by atoms with Gasteiger partial charge in [-0.1, -0.05) is 18.2 Å². The van der Waals surface area contributed by atoms with Crippen molar-refractivity contribution in [1.29, 1.82) is 0 Å². The molecule has 106 valence electrons. The van der Waals surface area contributed by atoms with Crippen LogP contribution in [0.5, 0.6) is 5.75 Å². The summed E-state index contributed by atoms with van der Waals surface area (Å²) in [7, 11) is 0. The zero-order valence-corrected chi connectivity index (χ0v) is 12.2. The van der Waals surface area contributed by atoms with E-state index in [4.69, 9.17) is 10.5 Å². The summed E-state index contributed by atoms with van der Waals surface area (Å²) in [5, 5.41) is 0. The minimum Gasteiger partial charge on any atom is -0.492 e. The summed E-state index contributed by atoms with van der Waals surface area (Å²) in [5.74, 6) is 0.861. The Morgan fingerprint density at radius 3 is 2.40 bits per heavy atom. The zero-order valence-electron chi connectivity index (χ0n) is 12.2. The lowest BCUT2D eigenvalue weighted by atomic mass is 10.2. The second-order valence-electron chi connectivity index (χ2n) is 4.78. The van der Waals surface area contributed by atoms with Crippen LogP contribution in [0.2, 0.25) is 0 Å². The smallest absolute Gasteiger partial charge is 0.119 e. The average Bonchev–Trinajstić information content (AvgIpc) is 2.47. The lowest BCUT2D eigenvalue weighted by Crippen LogP contribution is -2.28. The van der Waals surface area contributed by atoms with Crippen LogP contribution < -0.4 is 15.4 Å². The Labute approximate surface area is 121 Å². The first kappa shape index (κ1) is 14.3. The first-order valence-electron chi connectivity index (χ1n) is 6.99. The molecule has 0 aromatic heterocycles. The van der Waals surface area contributed by atoms with Crippen molar-refractivity contribution >= 4 is 11.4 Å². The van der Waals surface area contributed by atoms with Gasteiger partial charge in [0.05, 0.1) is 6.54 Å². The van der Waals surface area contributed by atoms with Crippen LogP contribution in [0.25, 0.3) is 0 Å². The van der Waals surface area contributed by atoms with Crippen LogP contribution in [0, 0.1) is 6.92 Å². The SMILES string of the molecule is CCN(CCOc1ccc(N)cc1)c1ccccc1C. The number of ether oxygens (including phenoxy) is 1. The zero-order chi connectivity index (χ0) is 14.4. The Hall–Kier alpha value is -2.16. The molecular formula is C17H22N2O. The fourth-order valence-electron chi connectivity index (χ4n) is 2.20. The fourth-order valence-corrected chi connectivity index (χ4v) is 2.20. The Kier molecular flexibility index (Phi) is 4.88. The summed E-state index contributed by atoms with van der Waals surface area (Å²) in [6, 6.07) is 15.9. The summed E-state index contributed by atoms with van der Waals surface area (Å²) in [4.78, 5) is 2.33. The molecule has 0 aliphatic heterocycles. The third-order valence-corrected chi connectivity index (χ3v) is 3.35. The molecule has 3 heteroatoms. The monoisotopic (exact) mass is 270 g/mol. The molecule has 2 aromatic rings. The summed E-state index contributed by atoms with van der Waals surface area (Å²) < 4.78 is 5.76. The second kappa shape index (κ2) is 6.85. The van der Waals surface area contributed by atoms with E-state index in [0.717, 1.165) is 24.5 Å². The van der Waals surface area contributed by atoms with Crippen LogP contribution in [-0.2, 0) is 0 Å². The molecule has 3 nitrogen and oxygen atoms in total. The van der Waals surface area contributed by atoms with Crippen molar-refractivity contribution in [2.45, 2.75) is 13.8 Å². The highest BCUT2D eigenvalue weighted by molar-refractivity contribution is 5.52. The van der Waals surface area contributed by atoms with Gasteiger partial charge in [-0.3, -0.25) is 0 Å². The number of nitrogens with two attached hydrogens (primary N) is 1. The van der Waals surface area contributed by atoms with Crippen molar-refractivity contribution in [1.82, 2.24) is 0 Å². The van der Waals surface area contributed by atoms with Crippen molar-refractivity contribution in [2.24, 2.45) is 0 Å². The number of anilines is 2. The molecule has 0 amide bonds. The molecule has 2 aromatic carbocycles. The highest BCUT2D eigenvalue weighted by Gasteiger charge is 2.06.